The zero-order valence-electron chi connectivity index (χ0n) is 23.6. The van der Waals surface area contributed by atoms with Gasteiger partial charge in [0.05, 0.1) is 29.8 Å². The third-order valence-electron chi connectivity index (χ3n) is 11.3. The average molecular weight is 575 g/mol. The molecule has 0 aromatic heterocycles. The monoisotopic (exact) mass is 574 g/mol. The molecule has 1 spiro atoms. The molecule has 224 valence electrons. The molecule has 0 bridgehead atoms. The Kier molecular flexibility index (Phi) is 5.97. The van der Waals surface area contributed by atoms with Gasteiger partial charge in [0.25, 0.3) is 0 Å². The number of aliphatic hydroxyl groups is 4. The second-order valence-corrected chi connectivity index (χ2v) is 13.3. The van der Waals surface area contributed by atoms with Crippen LogP contribution >= 0.6 is 0 Å². The van der Waals surface area contributed by atoms with E-state index in [9.17, 15) is 30.0 Å². The van der Waals surface area contributed by atoms with Crippen molar-refractivity contribution in [1.29, 1.82) is 0 Å². The first-order chi connectivity index (χ1) is 19.3. The van der Waals surface area contributed by atoms with Crippen LogP contribution < -0.4 is 0 Å². The van der Waals surface area contributed by atoms with E-state index in [1.54, 1.807) is 19.1 Å². The van der Waals surface area contributed by atoms with E-state index < -0.39 is 82.6 Å². The van der Waals surface area contributed by atoms with Gasteiger partial charge in [0.2, 0.25) is 0 Å². The van der Waals surface area contributed by atoms with Crippen LogP contribution in [0.25, 0.3) is 0 Å². The quantitative estimate of drug-likeness (QED) is 0.206. The van der Waals surface area contributed by atoms with Gasteiger partial charge in [-0.2, -0.15) is 0 Å². The number of ketones is 1. The van der Waals surface area contributed by atoms with Gasteiger partial charge in [0, 0.05) is 31.1 Å². The van der Waals surface area contributed by atoms with Crippen molar-refractivity contribution in [3.05, 3.63) is 34.9 Å². The zero-order chi connectivity index (χ0) is 29.3. The number of rotatable bonds is 4. The fourth-order valence-electron chi connectivity index (χ4n) is 9.19. The summed E-state index contributed by atoms with van der Waals surface area (Å²) in [5.41, 5.74) is -3.39. The lowest BCUT2D eigenvalue weighted by molar-refractivity contribution is -0.285. The molecule has 7 aliphatic rings. The van der Waals surface area contributed by atoms with E-state index in [1.807, 2.05) is 13.8 Å². The fraction of sp³-hybridized carbons (Fsp3) is 0.733. The number of aliphatic hydroxyl groups excluding tert-OH is 3. The number of esters is 1. The Hall–Kier alpha value is -1.96. The molecule has 0 aromatic rings. The highest BCUT2D eigenvalue weighted by Gasteiger charge is 2.87. The molecule has 4 fully saturated rings. The van der Waals surface area contributed by atoms with E-state index >= 15 is 0 Å². The van der Waals surface area contributed by atoms with Crippen molar-refractivity contribution in [2.24, 2.45) is 16.7 Å². The number of hydrogen-bond donors (Lipinski definition) is 4. The molecule has 2 saturated heterocycles. The minimum atomic E-state index is -1.66. The van der Waals surface area contributed by atoms with E-state index in [4.69, 9.17) is 23.7 Å². The second-order valence-electron chi connectivity index (χ2n) is 13.3. The van der Waals surface area contributed by atoms with Crippen molar-refractivity contribution < 1.29 is 53.7 Å². The summed E-state index contributed by atoms with van der Waals surface area (Å²) in [6.45, 7) is 5.39. The maximum absolute atomic E-state index is 14.1. The van der Waals surface area contributed by atoms with Crippen molar-refractivity contribution in [1.82, 2.24) is 0 Å². The number of ether oxygens (including phenoxy) is 5. The number of hydrogen-bond acceptors (Lipinski definition) is 11. The molecule has 4 aliphatic carbocycles. The highest BCUT2D eigenvalue weighted by atomic mass is 16.7. The van der Waals surface area contributed by atoms with Crippen LogP contribution in [0.4, 0.5) is 0 Å². The Labute approximate surface area is 237 Å². The van der Waals surface area contributed by atoms with Gasteiger partial charge in [-0.15, -0.1) is 0 Å². The smallest absolute Gasteiger partial charge is 0.331 e. The molecule has 0 aromatic carbocycles. The van der Waals surface area contributed by atoms with Crippen LogP contribution in [0.2, 0.25) is 0 Å². The van der Waals surface area contributed by atoms with Crippen LogP contribution in [0, 0.1) is 16.7 Å². The highest BCUT2D eigenvalue weighted by Crippen LogP contribution is 2.75. The van der Waals surface area contributed by atoms with Crippen molar-refractivity contribution in [3.8, 4) is 0 Å². The zero-order valence-corrected chi connectivity index (χ0v) is 23.6. The minimum Gasteiger partial charge on any atom is -0.458 e. The topological polar surface area (TPSA) is 165 Å². The Balaban J connectivity index is 1.22. The van der Waals surface area contributed by atoms with Gasteiger partial charge in [-0.05, 0) is 44.1 Å². The largest absolute Gasteiger partial charge is 0.458 e. The maximum Gasteiger partial charge on any atom is 0.331 e. The van der Waals surface area contributed by atoms with Crippen LogP contribution in [-0.2, 0) is 33.3 Å². The molecule has 13 atom stereocenters. The molecular formula is C30H38O11. The molecule has 3 aliphatic heterocycles. The van der Waals surface area contributed by atoms with Gasteiger partial charge >= 0.3 is 5.97 Å². The first kappa shape index (κ1) is 27.8. The molecule has 0 radical (unpaired) electrons. The first-order valence-corrected chi connectivity index (χ1v) is 14.4. The summed E-state index contributed by atoms with van der Waals surface area (Å²) in [7, 11) is 1.52. The van der Waals surface area contributed by atoms with Gasteiger partial charge in [0.1, 0.15) is 36.1 Å². The number of methoxy groups -OCH3 is 1. The van der Waals surface area contributed by atoms with Crippen LogP contribution in [0.1, 0.15) is 46.5 Å². The van der Waals surface area contributed by atoms with Crippen LogP contribution in [0.5, 0.6) is 0 Å². The molecule has 2 saturated carbocycles. The average Bonchev–Trinajstić information content (AvgIpc) is 3.36. The predicted octanol–water partition coefficient (Wildman–Crippen LogP) is 0.232. The van der Waals surface area contributed by atoms with E-state index in [-0.39, 0.29) is 25.6 Å². The van der Waals surface area contributed by atoms with E-state index in [1.165, 1.54) is 13.2 Å². The molecule has 13 unspecified atom stereocenters. The SMILES string of the molecule is COC1CC(C)OC(OC2C=C3CC4OC45C(C(O)C(=O)C4(C)C(C6=CC(=O)OC6)=CCC45O)C3(C)CC2O)C1O. The van der Waals surface area contributed by atoms with Gasteiger partial charge in [-0.25, -0.2) is 4.79 Å². The summed E-state index contributed by atoms with van der Waals surface area (Å²) in [5.74, 6) is -1.87. The Morgan fingerprint density at radius 1 is 1.15 bits per heavy atom. The molecule has 41 heavy (non-hydrogen) atoms. The third kappa shape index (κ3) is 3.37. The lowest BCUT2D eigenvalue weighted by Crippen LogP contribution is -2.75. The molecular weight excluding hydrogens is 536 g/mol. The lowest BCUT2D eigenvalue weighted by Gasteiger charge is -2.60. The number of epoxide rings is 1. The fourth-order valence-corrected chi connectivity index (χ4v) is 9.19. The summed E-state index contributed by atoms with van der Waals surface area (Å²) in [4.78, 5) is 26.0. The van der Waals surface area contributed by atoms with Gasteiger partial charge in [0.15, 0.2) is 12.1 Å². The Bertz CT molecular complexity index is 1290. The summed E-state index contributed by atoms with van der Waals surface area (Å²) in [6.07, 6.45) is -0.421. The van der Waals surface area contributed by atoms with Gasteiger partial charge in [-0.1, -0.05) is 24.6 Å². The molecule has 11 nitrogen and oxygen atoms in total. The van der Waals surface area contributed by atoms with E-state index in [0.717, 1.165) is 5.57 Å². The molecule has 0 amide bonds. The standard InChI is InChI=1S/C30H38O11/c1-13-7-19(37-4)22(33)26(39-13)40-18-9-15-10-20-30(41-20)24(27(15,2)11-17(18)31)23(34)25(35)28(3)16(5-6-29(28,30)36)14-8-21(32)38-12-14/h5,8-9,13,17-20,22-24,26,31,33-34,36H,6-7,10-12H2,1-4H3. The van der Waals surface area contributed by atoms with Crippen molar-refractivity contribution >= 4 is 11.8 Å². The number of Topliss-reactive ketones (excluding diaryl/α,β-unsaturated/α-hetero) is 1. The third-order valence-corrected chi connectivity index (χ3v) is 11.3. The number of carbonyl (C=O) groups is 2. The number of cyclic esters (lactones) is 1. The van der Waals surface area contributed by atoms with Gasteiger partial charge in [-0.3, -0.25) is 4.79 Å². The van der Waals surface area contributed by atoms with Crippen LogP contribution in [0.3, 0.4) is 0 Å². The molecule has 11 heteroatoms. The van der Waals surface area contributed by atoms with Crippen molar-refractivity contribution in [3.63, 3.8) is 0 Å². The number of fused-ring (bicyclic) bond motifs is 3. The summed E-state index contributed by atoms with van der Waals surface area (Å²) >= 11 is 0. The lowest BCUT2D eigenvalue weighted by atomic mass is 9.43. The molecule has 3 heterocycles. The van der Waals surface area contributed by atoms with Crippen molar-refractivity contribution in [2.45, 2.75) is 107 Å². The van der Waals surface area contributed by atoms with E-state index in [2.05, 4.69) is 0 Å². The Morgan fingerprint density at radius 3 is 2.59 bits per heavy atom. The highest BCUT2D eigenvalue weighted by molar-refractivity contribution is 5.98. The molecule has 7 rings (SSSR count). The van der Waals surface area contributed by atoms with E-state index in [0.29, 0.717) is 24.0 Å². The second kappa shape index (κ2) is 8.79. The van der Waals surface area contributed by atoms with Crippen LogP contribution in [0.15, 0.2) is 34.9 Å². The normalized spacial score (nSPS) is 53.8. The van der Waals surface area contributed by atoms with Gasteiger partial charge < -0.3 is 44.1 Å². The number of carbonyl (C=O) groups excluding carboxylic acids is 2. The van der Waals surface area contributed by atoms with Crippen LogP contribution in [-0.4, -0.2) is 106 Å². The Morgan fingerprint density at radius 2 is 1.90 bits per heavy atom. The first-order valence-electron chi connectivity index (χ1n) is 14.4. The summed E-state index contributed by atoms with van der Waals surface area (Å²) < 4.78 is 28.8. The minimum absolute atomic E-state index is 0.00190. The van der Waals surface area contributed by atoms with Crippen molar-refractivity contribution in [2.75, 3.05) is 13.7 Å². The molecule has 4 N–H and O–H groups in total. The predicted molar refractivity (Wildman–Crippen MR) is 139 cm³/mol. The summed E-state index contributed by atoms with van der Waals surface area (Å²) in [6, 6.07) is 0. The maximum atomic E-state index is 14.1. The summed E-state index contributed by atoms with van der Waals surface area (Å²) in [5, 5.41) is 46.3.